The van der Waals surface area contributed by atoms with Crippen LogP contribution in [0.1, 0.15) is 23.7 Å². The van der Waals surface area contributed by atoms with Gasteiger partial charge in [0, 0.05) is 18.5 Å². The van der Waals surface area contributed by atoms with E-state index in [1.807, 2.05) is 13.0 Å². The number of aromatic nitrogens is 3. The number of fused-ring (bicyclic) bond motifs is 1. The summed E-state index contributed by atoms with van der Waals surface area (Å²) < 4.78 is 38.3. The van der Waals surface area contributed by atoms with Gasteiger partial charge in [0.05, 0.1) is 5.38 Å². The Morgan fingerprint density at radius 2 is 2.15 bits per heavy atom. The first-order valence-electron chi connectivity index (χ1n) is 5.95. The predicted molar refractivity (Wildman–Crippen MR) is 75.0 cm³/mol. The summed E-state index contributed by atoms with van der Waals surface area (Å²) in [6, 6.07) is 1.85. The second kappa shape index (κ2) is 5.81. The first-order valence-corrected chi connectivity index (χ1v) is 7.37. The second-order valence-corrected chi connectivity index (χ2v) is 6.20. The van der Waals surface area contributed by atoms with Crippen LogP contribution in [0.2, 0.25) is 0 Å². The number of imidazole rings is 1. The summed E-state index contributed by atoms with van der Waals surface area (Å²) in [5.41, 5.74) is -2.06. The normalized spacial score (nSPS) is 13.9. The van der Waals surface area contributed by atoms with Gasteiger partial charge in [-0.1, -0.05) is 0 Å². The number of pyridine rings is 1. The summed E-state index contributed by atoms with van der Waals surface area (Å²) in [5, 5.41) is -0.389. The fraction of sp³-hybridized carbons (Fsp3) is 0.500. The lowest BCUT2D eigenvalue weighted by molar-refractivity contribution is -0.0328. The maximum absolute atomic E-state index is 12.2. The maximum atomic E-state index is 12.2. The smallest absolute Gasteiger partial charge is 0.311 e. The van der Waals surface area contributed by atoms with Crippen LogP contribution in [0, 0.1) is 6.92 Å². The molecule has 8 heteroatoms. The Balaban J connectivity index is 2.32. The third-order valence-corrected chi connectivity index (χ3v) is 3.60. The van der Waals surface area contributed by atoms with E-state index in [9.17, 15) is 13.2 Å². The van der Waals surface area contributed by atoms with E-state index in [1.165, 1.54) is 0 Å². The number of hydrogen-bond acceptors (Lipinski definition) is 3. The third-order valence-electron chi connectivity index (χ3n) is 2.69. The van der Waals surface area contributed by atoms with Crippen LogP contribution in [0.25, 0.3) is 11.2 Å². The quantitative estimate of drug-likeness (QED) is 0.786. The monoisotopic (exact) mass is 323 g/mol. The van der Waals surface area contributed by atoms with Crippen molar-refractivity contribution in [2.75, 3.05) is 5.75 Å². The molecule has 0 saturated carbocycles. The summed E-state index contributed by atoms with van der Waals surface area (Å²) in [4.78, 5) is 8.62. The molecular formula is C12H13ClF3N3S. The molecule has 110 valence electrons. The van der Waals surface area contributed by atoms with Gasteiger partial charge < -0.3 is 4.57 Å². The van der Waals surface area contributed by atoms with E-state index in [-0.39, 0.29) is 29.4 Å². The van der Waals surface area contributed by atoms with Crippen molar-refractivity contribution in [2.24, 2.45) is 0 Å². The average Bonchev–Trinajstić information content (AvgIpc) is 2.66. The van der Waals surface area contributed by atoms with Crippen LogP contribution in [0.5, 0.6) is 0 Å². The molecule has 0 aliphatic rings. The number of hydrogen-bond donors (Lipinski definition) is 0. The van der Waals surface area contributed by atoms with Crippen molar-refractivity contribution in [3.63, 3.8) is 0 Å². The van der Waals surface area contributed by atoms with Gasteiger partial charge in [0.1, 0.15) is 11.3 Å². The Hall–Kier alpha value is -0.950. The van der Waals surface area contributed by atoms with E-state index >= 15 is 0 Å². The molecule has 0 aromatic carbocycles. The molecule has 0 N–H and O–H groups in total. The van der Waals surface area contributed by atoms with Crippen molar-refractivity contribution in [3.05, 3.63) is 23.7 Å². The van der Waals surface area contributed by atoms with Crippen molar-refractivity contribution in [3.8, 4) is 0 Å². The van der Waals surface area contributed by atoms with Gasteiger partial charge in [-0.3, -0.25) is 0 Å². The molecule has 0 spiro atoms. The number of thioether (sulfide) groups is 1. The lowest BCUT2D eigenvalue weighted by Crippen LogP contribution is -2.10. The van der Waals surface area contributed by atoms with Gasteiger partial charge >= 0.3 is 5.51 Å². The minimum absolute atomic E-state index is 0.0555. The highest BCUT2D eigenvalue weighted by Crippen LogP contribution is 2.31. The third kappa shape index (κ3) is 3.58. The minimum atomic E-state index is -4.23. The first kappa shape index (κ1) is 15.4. The molecule has 0 fully saturated rings. The molecular weight excluding hydrogens is 311 g/mol. The number of aryl methyl sites for hydroxylation is 2. The van der Waals surface area contributed by atoms with Crippen LogP contribution in [-0.4, -0.2) is 25.8 Å². The zero-order valence-corrected chi connectivity index (χ0v) is 12.5. The summed E-state index contributed by atoms with van der Waals surface area (Å²) in [5.74, 6) is 0.448. The zero-order valence-electron chi connectivity index (χ0n) is 10.9. The number of rotatable bonds is 4. The highest BCUT2D eigenvalue weighted by Gasteiger charge is 2.28. The predicted octanol–water partition coefficient (Wildman–Crippen LogP) is 4.29. The van der Waals surface area contributed by atoms with Crippen LogP contribution in [0.4, 0.5) is 13.2 Å². The molecule has 2 aromatic heterocycles. The molecule has 0 saturated heterocycles. The van der Waals surface area contributed by atoms with Crippen molar-refractivity contribution < 1.29 is 13.2 Å². The molecule has 2 heterocycles. The number of halogens is 4. The fourth-order valence-corrected chi connectivity index (χ4v) is 2.58. The van der Waals surface area contributed by atoms with Crippen LogP contribution in [0.3, 0.4) is 0 Å². The summed E-state index contributed by atoms with van der Waals surface area (Å²) in [7, 11) is 0. The van der Waals surface area contributed by atoms with E-state index < -0.39 is 5.51 Å². The van der Waals surface area contributed by atoms with Crippen molar-refractivity contribution >= 4 is 34.5 Å². The van der Waals surface area contributed by atoms with E-state index in [0.29, 0.717) is 17.0 Å². The number of nitrogens with zero attached hydrogens (tertiary/aromatic N) is 3. The van der Waals surface area contributed by atoms with Crippen molar-refractivity contribution in [1.82, 2.24) is 14.5 Å². The van der Waals surface area contributed by atoms with E-state index in [0.717, 1.165) is 5.56 Å². The van der Waals surface area contributed by atoms with Gasteiger partial charge in [0.2, 0.25) is 0 Å². The van der Waals surface area contributed by atoms with Gasteiger partial charge in [-0.25, -0.2) is 9.97 Å². The Labute approximate surface area is 123 Å². The van der Waals surface area contributed by atoms with Gasteiger partial charge in [-0.2, -0.15) is 13.2 Å². The zero-order chi connectivity index (χ0) is 14.9. The molecule has 0 radical (unpaired) electrons. The lowest BCUT2D eigenvalue weighted by atomic mass is 10.3. The van der Waals surface area contributed by atoms with Gasteiger partial charge in [0.15, 0.2) is 5.65 Å². The molecule has 0 aliphatic heterocycles. The molecule has 20 heavy (non-hydrogen) atoms. The van der Waals surface area contributed by atoms with Crippen LogP contribution < -0.4 is 0 Å². The summed E-state index contributed by atoms with van der Waals surface area (Å²) in [6.45, 7) is 3.79. The fourth-order valence-electron chi connectivity index (χ4n) is 1.91. The van der Waals surface area contributed by atoms with E-state index in [1.54, 1.807) is 17.7 Å². The SMILES string of the molecule is Cc1cnc2c(c1)nc(C(C)Cl)n2CCSC(F)(F)F. The highest BCUT2D eigenvalue weighted by atomic mass is 35.5. The molecule has 3 nitrogen and oxygen atoms in total. The first-order chi connectivity index (χ1) is 9.28. The highest BCUT2D eigenvalue weighted by molar-refractivity contribution is 8.00. The molecule has 0 amide bonds. The Morgan fingerprint density at radius 3 is 2.75 bits per heavy atom. The Morgan fingerprint density at radius 1 is 1.45 bits per heavy atom. The maximum Gasteiger partial charge on any atom is 0.441 e. The summed E-state index contributed by atoms with van der Waals surface area (Å²) in [6.07, 6.45) is 1.67. The van der Waals surface area contributed by atoms with Crippen LogP contribution >= 0.6 is 23.4 Å². The van der Waals surface area contributed by atoms with Crippen LogP contribution in [-0.2, 0) is 6.54 Å². The second-order valence-electron chi connectivity index (χ2n) is 4.39. The molecule has 2 aromatic rings. The molecule has 0 aliphatic carbocycles. The number of alkyl halides is 4. The summed E-state index contributed by atoms with van der Waals surface area (Å²) >= 11 is 5.99. The van der Waals surface area contributed by atoms with Crippen molar-refractivity contribution in [2.45, 2.75) is 31.3 Å². The topological polar surface area (TPSA) is 30.7 Å². The Bertz CT molecular complexity index is 610. The standard InChI is InChI=1S/C12H13ClF3N3S/c1-7-5-9-11(17-6-7)19(10(18-9)8(2)13)3-4-20-12(14,15)16/h5-6,8H,3-4H2,1-2H3. The largest absolute Gasteiger partial charge is 0.441 e. The van der Waals surface area contributed by atoms with Crippen LogP contribution in [0.15, 0.2) is 12.3 Å². The molecule has 1 unspecified atom stereocenters. The average molecular weight is 324 g/mol. The molecule has 2 rings (SSSR count). The van der Waals surface area contributed by atoms with Gasteiger partial charge in [-0.15, -0.1) is 11.6 Å². The Kier molecular flexibility index (Phi) is 4.49. The molecule has 0 bridgehead atoms. The van der Waals surface area contributed by atoms with Gasteiger partial charge in [-0.05, 0) is 37.2 Å². The van der Waals surface area contributed by atoms with E-state index in [2.05, 4.69) is 9.97 Å². The minimum Gasteiger partial charge on any atom is -0.311 e. The van der Waals surface area contributed by atoms with E-state index in [4.69, 9.17) is 11.6 Å². The lowest BCUT2D eigenvalue weighted by Gasteiger charge is -2.10. The van der Waals surface area contributed by atoms with Gasteiger partial charge in [0.25, 0.3) is 0 Å². The van der Waals surface area contributed by atoms with Crippen molar-refractivity contribution in [1.29, 1.82) is 0 Å². The molecule has 1 atom stereocenters.